The molecule has 1 aromatic heterocycles. The molecular formula is C21H21ClN2O2. The highest BCUT2D eigenvalue weighted by Crippen LogP contribution is 2.31. The Hall–Kier alpha value is -2.30. The molecule has 0 amide bonds. The van der Waals surface area contributed by atoms with Crippen molar-refractivity contribution in [3.05, 3.63) is 71.2 Å². The number of ether oxygens (including phenoxy) is 1. The van der Waals surface area contributed by atoms with Crippen molar-refractivity contribution in [2.45, 2.75) is 32.0 Å². The van der Waals surface area contributed by atoms with E-state index < -0.39 is 0 Å². The van der Waals surface area contributed by atoms with Crippen LogP contribution in [0.4, 0.5) is 0 Å². The topological polar surface area (TPSA) is 38.5 Å². The van der Waals surface area contributed by atoms with Gasteiger partial charge < -0.3 is 9.15 Å². The van der Waals surface area contributed by atoms with Crippen LogP contribution in [0.5, 0.6) is 5.75 Å². The minimum Gasteiger partial charge on any atom is -0.497 e. The molecule has 0 atom stereocenters. The molecule has 0 bridgehead atoms. The summed E-state index contributed by atoms with van der Waals surface area (Å²) < 4.78 is 11.2. The van der Waals surface area contributed by atoms with E-state index in [4.69, 9.17) is 20.8 Å². The number of benzene rings is 2. The summed E-state index contributed by atoms with van der Waals surface area (Å²) in [5, 5.41) is 0.694. The molecule has 0 spiro atoms. The first-order chi connectivity index (χ1) is 12.7. The Morgan fingerprint density at radius 3 is 2.65 bits per heavy atom. The summed E-state index contributed by atoms with van der Waals surface area (Å²) in [6, 6.07) is 16.5. The lowest BCUT2D eigenvalue weighted by atomic mass is 10.2. The first-order valence-electron chi connectivity index (χ1n) is 8.79. The van der Waals surface area contributed by atoms with Gasteiger partial charge in [0.15, 0.2) is 5.76 Å². The first kappa shape index (κ1) is 17.1. The summed E-state index contributed by atoms with van der Waals surface area (Å²) in [5.41, 5.74) is 2.21. The van der Waals surface area contributed by atoms with Gasteiger partial charge in [-0.2, -0.15) is 0 Å². The van der Waals surface area contributed by atoms with E-state index in [1.807, 2.05) is 36.4 Å². The monoisotopic (exact) mass is 368 g/mol. The van der Waals surface area contributed by atoms with Gasteiger partial charge >= 0.3 is 0 Å². The van der Waals surface area contributed by atoms with E-state index in [-0.39, 0.29) is 0 Å². The lowest BCUT2D eigenvalue weighted by Crippen LogP contribution is -2.25. The van der Waals surface area contributed by atoms with Crippen LogP contribution in [0.2, 0.25) is 5.02 Å². The fourth-order valence-electron chi connectivity index (χ4n) is 3.05. The zero-order valence-corrected chi connectivity index (χ0v) is 15.4. The Morgan fingerprint density at radius 1 is 1.15 bits per heavy atom. The van der Waals surface area contributed by atoms with Crippen molar-refractivity contribution in [2.75, 3.05) is 7.11 Å². The van der Waals surface area contributed by atoms with E-state index >= 15 is 0 Å². The van der Waals surface area contributed by atoms with E-state index in [0.29, 0.717) is 17.6 Å². The third-order valence-electron chi connectivity index (χ3n) is 4.61. The number of rotatable bonds is 7. The van der Waals surface area contributed by atoms with Crippen molar-refractivity contribution in [2.24, 2.45) is 0 Å². The minimum absolute atomic E-state index is 0.610. The van der Waals surface area contributed by atoms with Gasteiger partial charge in [-0.1, -0.05) is 35.9 Å². The zero-order chi connectivity index (χ0) is 17.9. The molecule has 5 heteroatoms. The third kappa shape index (κ3) is 4.09. The van der Waals surface area contributed by atoms with Crippen LogP contribution in [0.1, 0.15) is 24.3 Å². The molecule has 4 rings (SSSR count). The molecule has 0 aliphatic heterocycles. The minimum atomic E-state index is 0.610. The molecule has 0 saturated heterocycles. The normalized spacial score (nSPS) is 14.0. The summed E-state index contributed by atoms with van der Waals surface area (Å²) in [6.07, 6.45) is 4.25. The average Bonchev–Trinajstić information content (AvgIpc) is 3.41. The molecule has 3 aromatic rings. The predicted molar refractivity (Wildman–Crippen MR) is 102 cm³/mol. The van der Waals surface area contributed by atoms with Gasteiger partial charge in [0.05, 0.1) is 19.9 Å². The van der Waals surface area contributed by atoms with E-state index in [1.165, 1.54) is 18.4 Å². The van der Waals surface area contributed by atoms with Crippen LogP contribution in [0.3, 0.4) is 0 Å². The van der Waals surface area contributed by atoms with E-state index in [9.17, 15) is 0 Å². The smallest absolute Gasteiger partial charge is 0.209 e. The van der Waals surface area contributed by atoms with Gasteiger partial charge in [-0.15, -0.1) is 0 Å². The first-order valence-corrected chi connectivity index (χ1v) is 9.17. The largest absolute Gasteiger partial charge is 0.497 e. The third-order valence-corrected chi connectivity index (χ3v) is 4.84. The van der Waals surface area contributed by atoms with Crippen molar-refractivity contribution in [3.8, 4) is 17.1 Å². The van der Waals surface area contributed by atoms with Crippen LogP contribution in [0, 0.1) is 0 Å². The van der Waals surface area contributed by atoms with Gasteiger partial charge in [0.1, 0.15) is 5.75 Å². The fraction of sp³-hybridized carbons (Fsp3) is 0.286. The van der Waals surface area contributed by atoms with Crippen LogP contribution >= 0.6 is 11.6 Å². The van der Waals surface area contributed by atoms with Gasteiger partial charge in [0.25, 0.3) is 0 Å². The van der Waals surface area contributed by atoms with Gasteiger partial charge in [-0.3, -0.25) is 4.90 Å². The van der Waals surface area contributed by atoms with Gasteiger partial charge in [0, 0.05) is 23.2 Å². The second-order valence-corrected chi connectivity index (χ2v) is 7.05. The Bertz CT molecular complexity index is 872. The van der Waals surface area contributed by atoms with E-state index in [0.717, 1.165) is 29.5 Å². The van der Waals surface area contributed by atoms with Crippen molar-refractivity contribution in [1.29, 1.82) is 0 Å². The van der Waals surface area contributed by atoms with E-state index in [2.05, 4.69) is 22.0 Å². The van der Waals surface area contributed by atoms with Gasteiger partial charge in [-0.05, 0) is 42.7 Å². The van der Waals surface area contributed by atoms with Crippen molar-refractivity contribution >= 4 is 11.6 Å². The van der Waals surface area contributed by atoms with Gasteiger partial charge in [-0.25, -0.2) is 4.98 Å². The fourth-order valence-corrected chi connectivity index (χ4v) is 3.24. The number of hydrogen-bond donors (Lipinski definition) is 0. The summed E-state index contributed by atoms with van der Waals surface area (Å²) >= 11 is 6.07. The van der Waals surface area contributed by atoms with Crippen molar-refractivity contribution < 1.29 is 9.15 Å². The second kappa shape index (κ2) is 7.52. The number of hydrogen-bond acceptors (Lipinski definition) is 4. The highest BCUT2D eigenvalue weighted by molar-refractivity contribution is 6.30. The summed E-state index contributed by atoms with van der Waals surface area (Å²) in [7, 11) is 1.69. The molecule has 4 nitrogen and oxygen atoms in total. The molecule has 2 aromatic carbocycles. The van der Waals surface area contributed by atoms with Crippen LogP contribution in [0.25, 0.3) is 11.3 Å². The molecule has 134 valence electrons. The maximum Gasteiger partial charge on any atom is 0.209 e. The quantitative estimate of drug-likeness (QED) is 0.576. The lowest BCUT2D eigenvalue weighted by molar-refractivity contribution is 0.221. The predicted octanol–water partition coefficient (Wildman–Crippen LogP) is 5.17. The van der Waals surface area contributed by atoms with Gasteiger partial charge in [0.2, 0.25) is 5.89 Å². The van der Waals surface area contributed by atoms with Crippen LogP contribution in [0.15, 0.2) is 59.1 Å². The standard InChI is InChI=1S/C21H21ClN2O2/c1-25-19-9-5-15(6-10-19)13-24(18-7-8-18)14-21-23-12-20(26-21)16-3-2-4-17(22)11-16/h2-6,9-12,18H,7-8,13-14H2,1H3. The SMILES string of the molecule is COc1ccc(CN(Cc2ncc(-c3cccc(Cl)c3)o2)C2CC2)cc1. The Labute approximate surface area is 158 Å². The number of halogens is 1. The summed E-state index contributed by atoms with van der Waals surface area (Å²) in [5.74, 6) is 2.37. The Morgan fingerprint density at radius 2 is 1.96 bits per heavy atom. The Balaban J connectivity index is 1.47. The van der Waals surface area contributed by atoms with Crippen LogP contribution in [-0.2, 0) is 13.1 Å². The molecule has 0 N–H and O–H groups in total. The molecule has 1 saturated carbocycles. The molecule has 1 heterocycles. The Kier molecular flexibility index (Phi) is 4.96. The number of aromatic nitrogens is 1. The van der Waals surface area contributed by atoms with Crippen molar-refractivity contribution in [1.82, 2.24) is 9.88 Å². The molecule has 0 radical (unpaired) electrons. The zero-order valence-electron chi connectivity index (χ0n) is 14.7. The summed E-state index contributed by atoms with van der Waals surface area (Å²) in [6.45, 7) is 1.58. The molecular weight excluding hydrogens is 348 g/mol. The number of nitrogens with zero attached hydrogens (tertiary/aromatic N) is 2. The summed E-state index contributed by atoms with van der Waals surface area (Å²) in [4.78, 5) is 6.90. The van der Waals surface area contributed by atoms with Crippen molar-refractivity contribution in [3.63, 3.8) is 0 Å². The highest BCUT2D eigenvalue weighted by atomic mass is 35.5. The maximum atomic E-state index is 6.07. The molecule has 1 aliphatic rings. The number of oxazole rings is 1. The highest BCUT2D eigenvalue weighted by Gasteiger charge is 2.30. The molecule has 26 heavy (non-hydrogen) atoms. The molecule has 1 fully saturated rings. The number of methoxy groups -OCH3 is 1. The van der Waals surface area contributed by atoms with Crippen LogP contribution in [-0.4, -0.2) is 23.0 Å². The average molecular weight is 369 g/mol. The maximum absolute atomic E-state index is 6.07. The molecule has 1 aliphatic carbocycles. The molecule has 0 unspecified atom stereocenters. The van der Waals surface area contributed by atoms with E-state index in [1.54, 1.807) is 13.3 Å². The lowest BCUT2D eigenvalue weighted by Gasteiger charge is -2.20. The second-order valence-electron chi connectivity index (χ2n) is 6.61. The van der Waals surface area contributed by atoms with Crippen LogP contribution < -0.4 is 4.74 Å².